The molecule has 9 nitrogen and oxygen atoms in total. The standard InChI is InChI=1S/C74H147NO8/c1-3-5-7-9-11-13-15-17-19-21-23-24-25-26-27-28-29-30-31-32-33-34-35-36-37-38-39-40-41-42-43-44-46-48-50-52-54-56-58-60-62-64-70(78)75-67(66-82-74-73(81)72(80)71(79)69(65-76)83-74)68(77)63-61-59-57-55-53-51-49-47-45-22-20-18-16-14-12-10-8-6-4-2/h67-69,71-74,76-77,79-81H,3-66H2,1-2H3,(H,75,78). The van der Waals surface area contributed by atoms with Crippen LogP contribution < -0.4 is 5.32 Å². The molecule has 0 saturated carbocycles. The van der Waals surface area contributed by atoms with E-state index in [0.717, 1.165) is 38.5 Å². The van der Waals surface area contributed by atoms with Crippen molar-refractivity contribution in [2.45, 2.75) is 455 Å². The highest BCUT2D eigenvalue weighted by Gasteiger charge is 2.44. The average Bonchev–Trinajstić information content (AvgIpc) is 3.61. The third-order valence-electron chi connectivity index (χ3n) is 18.7. The van der Waals surface area contributed by atoms with Crippen molar-refractivity contribution in [2.24, 2.45) is 0 Å². The number of aliphatic hydroxyl groups excluding tert-OH is 5. The highest BCUT2D eigenvalue weighted by molar-refractivity contribution is 5.76. The van der Waals surface area contributed by atoms with Crippen molar-refractivity contribution < 1.29 is 39.8 Å². The summed E-state index contributed by atoms with van der Waals surface area (Å²) in [7, 11) is 0. The number of hydrogen-bond acceptors (Lipinski definition) is 8. The third kappa shape index (κ3) is 52.8. The molecule has 1 aliphatic heterocycles. The molecule has 83 heavy (non-hydrogen) atoms. The lowest BCUT2D eigenvalue weighted by molar-refractivity contribution is -0.302. The van der Waals surface area contributed by atoms with Gasteiger partial charge in [0.05, 0.1) is 25.4 Å². The largest absolute Gasteiger partial charge is 0.394 e. The van der Waals surface area contributed by atoms with Crippen LogP contribution in [0.5, 0.6) is 0 Å². The van der Waals surface area contributed by atoms with Crippen molar-refractivity contribution in [1.29, 1.82) is 0 Å². The number of hydrogen-bond donors (Lipinski definition) is 6. The normalized spacial score (nSPS) is 18.1. The van der Waals surface area contributed by atoms with Crippen molar-refractivity contribution in [1.82, 2.24) is 5.32 Å². The topological polar surface area (TPSA) is 149 Å². The van der Waals surface area contributed by atoms with Gasteiger partial charge in [-0.15, -0.1) is 0 Å². The molecular weight excluding hydrogens is 1030 g/mol. The molecule has 0 aromatic rings. The molecule has 496 valence electrons. The molecule has 1 rings (SSSR count). The summed E-state index contributed by atoms with van der Waals surface area (Å²) in [5.41, 5.74) is 0. The van der Waals surface area contributed by atoms with E-state index in [1.54, 1.807) is 0 Å². The van der Waals surface area contributed by atoms with E-state index in [1.165, 1.54) is 347 Å². The lowest BCUT2D eigenvalue weighted by atomic mass is 9.99. The Morgan fingerprint density at radius 2 is 0.602 bits per heavy atom. The van der Waals surface area contributed by atoms with Crippen LogP contribution in [0.3, 0.4) is 0 Å². The van der Waals surface area contributed by atoms with Gasteiger partial charge in [-0.25, -0.2) is 0 Å². The van der Waals surface area contributed by atoms with Gasteiger partial charge in [-0.1, -0.05) is 393 Å². The SMILES string of the molecule is CCCCCCCCCCCCCCCCCCCCCCCCCCCCCCCCCCCCCCCCCCCC(=O)NC(COC1OC(CO)C(O)C(O)C1O)C(O)CCCCCCCCCCCCCCCCCCCCC. The van der Waals surface area contributed by atoms with Gasteiger partial charge in [-0.2, -0.15) is 0 Å². The first-order valence-corrected chi connectivity index (χ1v) is 37.7. The second-order valence-corrected chi connectivity index (χ2v) is 26.8. The van der Waals surface area contributed by atoms with E-state index in [4.69, 9.17) is 9.47 Å². The lowest BCUT2D eigenvalue weighted by Gasteiger charge is -2.40. The fraction of sp³-hybridized carbons (Fsp3) is 0.986. The van der Waals surface area contributed by atoms with Gasteiger partial charge in [0.1, 0.15) is 24.4 Å². The molecule has 7 atom stereocenters. The van der Waals surface area contributed by atoms with Gasteiger partial charge in [0.2, 0.25) is 5.91 Å². The second kappa shape index (κ2) is 64.2. The van der Waals surface area contributed by atoms with Crippen LogP contribution in [-0.4, -0.2) is 87.5 Å². The van der Waals surface area contributed by atoms with Crippen molar-refractivity contribution >= 4 is 5.91 Å². The minimum Gasteiger partial charge on any atom is -0.394 e. The second-order valence-electron chi connectivity index (χ2n) is 26.8. The van der Waals surface area contributed by atoms with E-state index in [0.29, 0.717) is 12.8 Å². The van der Waals surface area contributed by atoms with Crippen LogP contribution in [0, 0.1) is 0 Å². The van der Waals surface area contributed by atoms with E-state index in [1.807, 2.05) is 0 Å². The molecule has 9 heteroatoms. The number of unbranched alkanes of at least 4 members (excludes halogenated alkanes) is 58. The Kier molecular flexibility index (Phi) is 62.0. The van der Waals surface area contributed by atoms with Gasteiger partial charge >= 0.3 is 0 Å². The van der Waals surface area contributed by atoms with Gasteiger partial charge in [0.25, 0.3) is 0 Å². The van der Waals surface area contributed by atoms with Crippen LogP contribution in [0.4, 0.5) is 0 Å². The maximum absolute atomic E-state index is 13.1. The fourth-order valence-corrected chi connectivity index (χ4v) is 12.8. The molecule has 1 amide bonds. The maximum atomic E-state index is 13.1. The fourth-order valence-electron chi connectivity index (χ4n) is 12.8. The summed E-state index contributed by atoms with van der Waals surface area (Å²) < 4.78 is 11.4. The van der Waals surface area contributed by atoms with Crippen molar-refractivity contribution in [3.63, 3.8) is 0 Å². The van der Waals surface area contributed by atoms with E-state index >= 15 is 0 Å². The summed E-state index contributed by atoms with van der Waals surface area (Å²) in [4.78, 5) is 13.1. The van der Waals surface area contributed by atoms with Crippen LogP contribution >= 0.6 is 0 Å². The Hall–Kier alpha value is -0.810. The zero-order valence-electron chi connectivity index (χ0n) is 55.8. The molecule has 1 aliphatic rings. The minimum absolute atomic E-state index is 0.130. The average molecular weight is 1180 g/mol. The summed E-state index contributed by atoms with van der Waals surface area (Å²) in [6.45, 7) is 3.91. The Balaban J connectivity index is 1.99. The molecule has 0 spiro atoms. The Morgan fingerprint density at radius 1 is 0.361 bits per heavy atom. The van der Waals surface area contributed by atoms with Crippen LogP contribution in [0.1, 0.15) is 412 Å². The number of ether oxygens (including phenoxy) is 2. The number of carbonyl (C=O) groups excluding carboxylic acids is 1. The molecule has 0 radical (unpaired) electrons. The molecule has 6 N–H and O–H groups in total. The summed E-state index contributed by atoms with van der Waals surface area (Å²) in [5, 5.41) is 54.9. The zero-order chi connectivity index (χ0) is 60.0. The van der Waals surface area contributed by atoms with Gasteiger partial charge < -0.3 is 40.3 Å². The van der Waals surface area contributed by atoms with E-state index in [-0.39, 0.29) is 12.5 Å². The Morgan fingerprint density at radius 3 is 0.855 bits per heavy atom. The van der Waals surface area contributed by atoms with Crippen molar-refractivity contribution in [3.8, 4) is 0 Å². The first-order chi connectivity index (χ1) is 40.8. The van der Waals surface area contributed by atoms with E-state index < -0.39 is 49.5 Å². The molecule has 1 saturated heterocycles. The monoisotopic (exact) mass is 1180 g/mol. The lowest BCUT2D eigenvalue weighted by Crippen LogP contribution is -2.60. The van der Waals surface area contributed by atoms with Gasteiger partial charge in [0, 0.05) is 6.42 Å². The molecule has 0 aliphatic carbocycles. The van der Waals surface area contributed by atoms with Gasteiger partial charge in [0.15, 0.2) is 6.29 Å². The van der Waals surface area contributed by atoms with Crippen LogP contribution in [0.2, 0.25) is 0 Å². The Bertz CT molecular complexity index is 1270. The van der Waals surface area contributed by atoms with Crippen LogP contribution in [0.25, 0.3) is 0 Å². The maximum Gasteiger partial charge on any atom is 0.220 e. The summed E-state index contributed by atoms with van der Waals surface area (Å²) in [6.07, 6.45) is 75.0. The van der Waals surface area contributed by atoms with Crippen LogP contribution in [0.15, 0.2) is 0 Å². The Labute approximate surface area is 516 Å². The molecule has 0 bridgehead atoms. The zero-order valence-corrected chi connectivity index (χ0v) is 55.8. The molecule has 7 unspecified atom stereocenters. The van der Waals surface area contributed by atoms with Gasteiger partial charge in [-0.05, 0) is 12.8 Å². The third-order valence-corrected chi connectivity index (χ3v) is 18.7. The smallest absolute Gasteiger partial charge is 0.220 e. The summed E-state index contributed by atoms with van der Waals surface area (Å²) in [5.74, 6) is -0.133. The first-order valence-electron chi connectivity index (χ1n) is 37.7. The number of rotatable bonds is 68. The quantitative estimate of drug-likeness (QED) is 0.0330. The molecule has 0 aromatic carbocycles. The number of nitrogens with one attached hydrogen (secondary N) is 1. The van der Waals surface area contributed by atoms with E-state index in [2.05, 4.69) is 19.2 Å². The number of amides is 1. The van der Waals surface area contributed by atoms with Crippen LogP contribution in [-0.2, 0) is 14.3 Å². The predicted octanol–water partition coefficient (Wildman–Crippen LogP) is 20.9. The first kappa shape index (κ1) is 80.2. The number of carbonyl (C=O) groups is 1. The minimum atomic E-state index is -1.55. The predicted molar refractivity (Wildman–Crippen MR) is 355 cm³/mol. The summed E-state index contributed by atoms with van der Waals surface area (Å²) in [6, 6.07) is -0.715. The molecule has 0 aromatic heterocycles. The van der Waals surface area contributed by atoms with Crippen molar-refractivity contribution in [3.05, 3.63) is 0 Å². The van der Waals surface area contributed by atoms with Gasteiger partial charge in [-0.3, -0.25) is 4.79 Å². The molecular formula is C74H147NO8. The van der Waals surface area contributed by atoms with Crippen molar-refractivity contribution in [2.75, 3.05) is 13.2 Å². The summed E-state index contributed by atoms with van der Waals surface area (Å²) >= 11 is 0. The highest BCUT2D eigenvalue weighted by Crippen LogP contribution is 2.24. The van der Waals surface area contributed by atoms with E-state index in [9.17, 15) is 30.3 Å². The number of aliphatic hydroxyl groups is 5. The highest BCUT2D eigenvalue weighted by atomic mass is 16.7. The molecule has 1 heterocycles. The molecule has 1 fully saturated rings.